The molecule has 2 N–H and O–H groups in total. The van der Waals surface area contributed by atoms with Crippen molar-refractivity contribution >= 4 is 5.97 Å². The molecular formula is C22H28N2O2. The fourth-order valence-electron chi connectivity index (χ4n) is 5.09. The molecule has 0 aliphatic heterocycles. The number of esters is 1. The van der Waals surface area contributed by atoms with E-state index in [1.165, 1.54) is 17.6 Å². The molecule has 0 aromatic carbocycles. The van der Waals surface area contributed by atoms with Gasteiger partial charge in [0.25, 0.3) is 0 Å². The zero-order chi connectivity index (χ0) is 18.3. The van der Waals surface area contributed by atoms with Crippen LogP contribution in [0.4, 0.5) is 0 Å². The van der Waals surface area contributed by atoms with Gasteiger partial charge in [-0.15, -0.1) is 0 Å². The second-order valence-electron chi connectivity index (χ2n) is 8.12. The van der Waals surface area contributed by atoms with Gasteiger partial charge < -0.3 is 10.5 Å². The number of nitrogens with zero attached hydrogens (tertiary/aromatic N) is 1. The Kier molecular flexibility index (Phi) is 4.47. The Morgan fingerprint density at radius 1 is 1.31 bits per heavy atom. The van der Waals surface area contributed by atoms with Crippen molar-refractivity contribution in [1.29, 1.82) is 0 Å². The molecule has 1 unspecified atom stereocenters. The second kappa shape index (κ2) is 6.66. The average Bonchev–Trinajstić information content (AvgIpc) is 2.61. The maximum absolute atomic E-state index is 12.4. The predicted octanol–water partition coefficient (Wildman–Crippen LogP) is 4.19. The smallest absolute Gasteiger partial charge is 0.315 e. The SMILES string of the molecule is C/C=C1\[C@@H]2C=C(C)CC1(N)c1ccc(OC(=O)C3CCCCC3)nc1C2. The average molecular weight is 352 g/mol. The number of hydrogen-bond donors (Lipinski definition) is 1. The molecule has 1 heterocycles. The van der Waals surface area contributed by atoms with Crippen LogP contribution in [0.25, 0.3) is 0 Å². The molecule has 1 aromatic rings. The minimum atomic E-state index is -0.481. The van der Waals surface area contributed by atoms with Crippen LogP contribution in [0, 0.1) is 11.8 Å². The number of pyridine rings is 1. The maximum atomic E-state index is 12.4. The first-order chi connectivity index (χ1) is 12.5. The summed E-state index contributed by atoms with van der Waals surface area (Å²) in [4.78, 5) is 17.1. The van der Waals surface area contributed by atoms with Crippen molar-refractivity contribution in [2.75, 3.05) is 0 Å². The van der Waals surface area contributed by atoms with E-state index < -0.39 is 5.54 Å². The summed E-state index contributed by atoms with van der Waals surface area (Å²) in [5.74, 6) is 0.621. The normalized spacial score (nSPS) is 29.9. The van der Waals surface area contributed by atoms with Crippen LogP contribution in [-0.2, 0) is 16.8 Å². The van der Waals surface area contributed by atoms with E-state index in [1.54, 1.807) is 0 Å². The van der Waals surface area contributed by atoms with Crippen LogP contribution >= 0.6 is 0 Å². The Morgan fingerprint density at radius 3 is 2.81 bits per heavy atom. The van der Waals surface area contributed by atoms with E-state index in [9.17, 15) is 4.79 Å². The lowest BCUT2D eigenvalue weighted by Crippen LogP contribution is -2.47. The standard InChI is InChI=1S/C22H28N2O2/c1-3-17-16-11-14(2)13-22(17,23)18-9-10-20(24-19(18)12-16)26-21(25)15-7-5-4-6-8-15/h3,9-11,15-16H,4-8,12-13,23H2,1-2H3/b17-3+/t16-,22?/m1/s1. The number of nitrogens with two attached hydrogens (primary N) is 1. The van der Waals surface area contributed by atoms with E-state index in [-0.39, 0.29) is 11.9 Å². The van der Waals surface area contributed by atoms with Crippen molar-refractivity contribution in [2.24, 2.45) is 17.6 Å². The number of fused-ring (bicyclic) bond motifs is 4. The van der Waals surface area contributed by atoms with Crippen LogP contribution in [0.15, 0.2) is 35.4 Å². The summed E-state index contributed by atoms with van der Waals surface area (Å²) in [6.45, 7) is 4.22. The first-order valence-corrected chi connectivity index (χ1v) is 9.86. The quantitative estimate of drug-likeness (QED) is 0.640. The molecule has 3 aliphatic carbocycles. The fourth-order valence-corrected chi connectivity index (χ4v) is 5.09. The van der Waals surface area contributed by atoms with Crippen LogP contribution in [0.3, 0.4) is 0 Å². The van der Waals surface area contributed by atoms with Crippen molar-refractivity contribution in [3.63, 3.8) is 0 Å². The van der Waals surface area contributed by atoms with Crippen LogP contribution in [-0.4, -0.2) is 11.0 Å². The number of ether oxygens (including phenoxy) is 1. The summed E-state index contributed by atoms with van der Waals surface area (Å²) < 4.78 is 5.63. The molecule has 4 rings (SSSR count). The van der Waals surface area contributed by atoms with Gasteiger partial charge in [0.15, 0.2) is 0 Å². The van der Waals surface area contributed by atoms with Gasteiger partial charge in [0.05, 0.1) is 17.2 Å². The number of hydrogen-bond acceptors (Lipinski definition) is 4. The van der Waals surface area contributed by atoms with Crippen molar-refractivity contribution in [1.82, 2.24) is 4.98 Å². The molecular weight excluding hydrogens is 324 g/mol. The highest BCUT2D eigenvalue weighted by molar-refractivity contribution is 5.74. The lowest BCUT2D eigenvalue weighted by atomic mass is 9.63. The van der Waals surface area contributed by atoms with Crippen molar-refractivity contribution in [3.8, 4) is 5.88 Å². The van der Waals surface area contributed by atoms with E-state index in [0.717, 1.165) is 49.8 Å². The van der Waals surface area contributed by atoms with E-state index in [4.69, 9.17) is 15.5 Å². The van der Waals surface area contributed by atoms with Crippen molar-refractivity contribution in [2.45, 2.75) is 64.3 Å². The molecule has 138 valence electrons. The molecule has 2 atom stereocenters. The molecule has 4 heteroatoms. The summed E-state index contributed by atoms with van der Waals surface area (Å²) in [5.41, 5.74) is 11.1. The van der Waals surface area contributed by atoms with E-state index in [1.807, 2.05) is 12.1 Å². The third kappa shape index (κ3) is 2.90. The summed E-state index contributed by atoms with van der Waals surface area (Å²) in [7, 11) is 0. The van der Waals surface area contributed by atoms with E-state index >= 15 is 0 Å². The fraction of sp³-hybridized carbons (Fsp3) is 0.545. The van der Waals surface area contributed by atoms with Crippen molar-refractivity contribution in [3.05, 3.63) is 46.7 Å². The van der Waals surface area contributed by atoms with Crippen molar-refractivity contribution < 1.29 is 9.53 Å². The lowest BCUT2D eigenvalue weighted by molar-refractivity contribution is -0.140. The molecule has 0 saturated heterocycles. The zero-order valence-corrected chi connectivity index (χ0v) is 15.8. The molecule has 1 aromatic heterocycles. The number of aromatic nitrogens is 1. The van der Waals surface area contributed by atoms with Crippen LogP contribution in [0.2, 0.25) is 0 Å². The van der Waals surface area contributed by atoms with Gasteiger partial charge in [-0.1, -0.05) is 37.0 Å². The second-order valence-corrected chi connectivity index (χ2v) is 8.12. The first-order valence-electron chi connectivity index (χ1n) is 9.86. The molecule has 4 nitrogen and oxygen atoms in total. The Hall–Kier alpha value is -1.94. The molecule has 0 amide bonds. The predicted molar refractivity (Wildman–Crippen MR) is 102 cm³/mol. The van der Waals surface area contributed by atoms with Gasteiger partial charge in [0.1, 0.15) is 0 Å². The number of allylic oxidation sites excluding steroid dienone is 2. The molecule has 1 fully saturated rings. The van der Waals surface area contributed by atoms with E-state index in [0.29, 0.717) is 11.8 Å². The Bertz CT molecular complexity index is 789. The van der Waals surface area contributed by atoms with E-state index in [2.05, 4.69) is 26.0 Å². The molecule has 0 spiro atoms. The summed E-state index contributed by atoms with van der Waals surface area (Å²) in [6.07, 6.45) is 11.4. The zero-order valence-electron chi connectivity index (χ0n) is 15.8. The van der Waals surface area contributed by atoms with Gasteiger partial charge in [-0.25, -0.2) is 4.98 Å². The van der Waals surface area contributed by atoms with Crippen LogP contribution in [0.1, 0.15) is 63.6 Å². The molecule has 1 saturated carbocycles. The van der Waals surface area contributed by atoms with Gasteiger partial charge in [0, 0.05) is 18.4 Å². The first kappa shape index (κ1) is 17.5. The minimum absolute atomic E-state index is 0.0297. The summed E-state index contributed by atoms with van der Waals surface area (Å²) >= 11 is 0. The maximum Gasteiger partial charge on any atom is 0.315 e. The van der Waals surface area contributed by atoms with Gasteiger partial charge in [0.2, 0.25) is 5.88 Å². The number of carbonyl (C=O) groups is 1. The third-order valence-electron chi connectivity index (χ3n) is 6.26. The Balaban J connectivity index is 1.61. The summed E-state index contributed by atoms with van der Waals surface area (Å²) in [5, 5.41) is 0. The highest BCUT2D eigenvalue weighted by atomic mass is 16.5. The topological polar surface area (TPSA) is 65.2 Å². The highest BCUT2D eigenvalue weighted by Crippen LogP contribution is 2.48. The third-order valence-corrected chi connectivity index (χ3v) is 6.26. The molecule has 0 radical (unpaired) electrons. The Labute approximate surface area is 155 Å². The highest BCUT2D eigenvalue weighted by Gasteiger charge is 2.44. The molecule has 2 bridgehead atoms. The van der Waals surface area contributed by atoms with Gasteiger partial charge in [-0.2, -0.15) is 0 Å². The van der Waals surface area contributed by atoms with Crippen LogP contribution < -0.4 is 10.5 Å². The largest absolute Gasteiger partial charge is 0.407 e. The molecule has 3 aliphatic rings. The van der Waals surface area contributed by atoms with Gasteiger partial charge >= 0.3 is 5.97 Å². The Morgan fingerprint density at radius 2 is 2.08 bits per heavy atom. The monoisotopic (exact) mass is 352 g/mol. The lowest BCUT2D eigenvalue weighted by Gasteiger charge is -2.45. The molecule has 26 heavy (non-hydrogen) atoms. The minimum Gasteiger partial charge on any atom is -0.407 e. The number of rotatable bonds is 2. The van der Waals surface area contributed by atoms with Gasteiger partial charge in [-0.05, 0) is 50.3 Å². The van der Waals surface area contributed by atoms with Gasteiger partial charge in [-0.3, -0.25) is 4.79 Å². The summed E-state index contributed by atoms with van der Waals surface area (Å²) in [6, 6.07) is 3.83. The number of carbonyl (C=O) groups excluding carboxylic acids is 1. The van der Waals surface area contributed by atoms with Crippen LogP contribution in [0.5, 0.6) is 5.88 Å².